The zero-order valence-electron chi connectivity index (χ0n) is 9.49. The van der Waals surface area contributed by atoms with E-state index >= 15 is 0 Å². The zero-order valence-corrected chi connectivity index (χ0v) is 14.2. The Morgan fingerprint density at radius 2 is 2.25 bits per heavy atom. The molecule has 2 rings (SSSR count). The number of thiazole rings is 1. The molecule has 0 saturated heterocycles. The van der Waals surface area contributed by atoms with Gasteiger partial charge >= 0.3 is 0 Å². The standard InChI is InChI=1S/C10H5Br2ClFN3O2S/c11-5-1-6(17(18)19)9(7(12)8(5)14)15-2-4-3-16-10(13)20-4/h1,3,15H,2H2. The molecule has 0 amide bonds. The number of hydrogen-bond acceptors (Lipinski definition) is 5. The Morgan fingerprint density at radius 1 is 1.55 bits per heavy atom. The Balaban J connectivity index is 2.34. The number of aromatic nitrogens is 1. The maximum absolute atomic E-state index is 13.8. The van der Waals surface area contributed by atoms with Crippen LogP contribution < -0.4 is 5.32 Å². The van der Waals surface area contributed by atoms with Crippen molar-refractivity contribution in [3.63, 3.8) is 0 Å². The molecule has 2 aromatic rings. The molecule has 1 N–H and O–H groups in total. The van der Waals surface area contributed by atoms with Crippen LogP contribution in [0.15, 0.2) is 21.2 Å². The summed E-state index contributed by atoms with van der Waals surface area (Å²) in [5, 5.41) is 13.8. The summed E-state index contributed by atoms with van der Waals surface area (Å²) in [6, 6.07) is 1.11. The van der Waals surface area contributed by atoms with Gasteiger partial charge < -0.3 is 5.32 Å². The second-order valence-corrected chi connectivity index (χ2v) is 6.92. The van der Waals surface area contributed by atoms with E-state index in [0.717, 1.165) is 10.9 Å². The minimum atomic E-state index is -0.611. The van der Waals surface area contributed by atoms with E-state index in [1.54, 1.807) is 6.20 Å². The molecular weight excluding hydrogens is 440 g/mol. The number of anilines is 1. The maximum atomic E-state index is 13.8. The monoisotopic (exact) mass is 443 g/mol. The van der Waals surface area contributed by atoms with Crippen molar-refractivity contribution in [3.8, 4) is 0 Å². The van der Waals surface area contributed by atoms with Gasteiger partial charge in [-0.2, -0.15) is 0 Å². The first-order chi connectivity index (χ1) is 9.40. The Labute approximate surface area is 138 Å². The number of hydrogen-bond donors (Lipinski definition) is 1. The molecule has 1 aromatic heterocycles. The van der Waals surface area contributed by atoms with E-state index < -0.39 is 10.7 Å². The molecule has 0 bridgehead atoms. The van der Waals surface area contributed by atoms with Gasteiger partial charge in [0.15, 0.2) is 10.3 Å². The van der Waals surface area contributed by atoms with Gasteiger partial charge in [0.25, 0.3) is 5.69 Å². The third kappa shape index (κ3) is 3.27. The first-order valence-corrected chi connectivity index (χ1v) is 7.84. The van der Waals surface area contributed by atoms with Crippen LogP contribution in [-0.4, -0.2) is 9.91 Å². The summed E-state index contributed by atoms with van der Waals surface area (Å²) in [6.45, 7) is 0.255. The molecule has 106 valence electrons. The van der Waals surface area contributed by atoms with E-state index in [4.69, 9.17) is 11.6 Å². The van der Waals surface area contributed by atoms with Crippen LogP contribution in [0.1, 0.15) is 4.88 Å². The van der Waals surface area contributed by atoms with Crippen molar-refractivity contribution >= 4 is 66.2 Å². The molecule has 0 aliphatic heterocycles. The number of nitro benzene ring substituents is 1. The largest absolute Gasteiger partial charge is 0.374 e. The molecule has 5 nitrogen and oxygen atoms in total. The highest BCUT2D eigenvalue weighted by Gasteiger charge is 2.22. The van der Waals surface area contributed by atoms with Gasteiger partial charge in [-0.05, 0) is 31.9 Å². The van der Waals surface area contributed by atoms with Crippen LogP contribution in [0.4, 0.5) is 15.8 Å². The fourth-order valence-electron chi connectivity index (χ4n) is 1.44. The second kappa shape index (κ2) is 6.33. The molecular formula is C10H5Br2ClFN3O2S. The lowest BCUT2D eigenvalue weighted by Gasteiger charge is -2.09. The van der Waals surface area contributed by atoms with Crippen LogP contribution in [0.5, 0.6) is 0 Å². The summed E-state index contributed by atoms with van der Waals surface area (Å²) in [7, 11) is 0. The van der Waals surface area contributed by atoms with Gasteiger partial charge in [0, 0.05) is 17.1 Å². The number of benzene rings is 1. The quantitative estimate of drug-likeness (QED) is 0.409. The molecule has 20 heavy (non-hydrogen) atoms. The highest BCUT2D eigenvalue weighted by Crippen LogP contribution is 2.39. The van der Waals surface area contributed by atoms with Crippen molar-refractivity contribution in [2.75, 3.05) is 5.32 Å². The topological polar surface area (TPSA) is 68.1 Å². The average Bonchev–Trinajstić information content (AvgIpc) is 2.80. The van der Waals surface area contributed by atoms with Crippen molar-refractivity contribution in [2.24, 2.45) is 0 Å². The van der Waals surface area contributed by atoms with Crippen molar-refractivity contribution in [1.29, 1.82) is 0 Å². The fraction of sp³-hybridized carbons (Fsp3) is 0.100. The Kier molecular flexibility index (Phi) is 4.95. The van der Waals surface area contributed by atoms with E-state index in [1.807, 2.05) is 0 Å². The number of halogens is 4. The normalized spacial score (nSPS) is 10.6. The van der Waals surface area contributed by atoms with Crippen LogP contribution in [0.25, 0.3) is 0 Å². The average molecular weight is 445 g/mol. The third-order valence-electron chi connectivity index (χ3n) is 2.30. The Bertz CT molecular complexity index is 683. The van der Waals surface area contributed by atoms with Crippen molar-refractivity contribution < 1.29 is 9.31 Å². The van der Waals surface area contributed by atoms with Gasteiger partial charge in [-0.15, -0.1) is 11.3 Å². The predicted molar refractivity (Wildman–Crippen MR) is 82.9 cm³/mol. The lowest BCUT2D eigenvalue weighted by atomic mass is 10.2. The predicted octanol–water partition coefficient (Wildman–Crippen LogP) is 4.98. The molecule has 1 aromatic carbocycles. The molecule has 0 aliphatic rings. The van der Waals surface area contributed by atoms with Crippen molar-refractivity contribution in [2.45, 2.75) is 6.54 Å². The van der Waals surface area contributed by atoms with Gasteiger partial charge in [-0.25, -0.2) is 9.37 Å². The highest BCUT2D eigenvalue weighted by atomic mass is 79.9. The SMILES string of the molecule is O=[N+]([O-])c1cc(Br)c(F)c(Br)c1NCc1cnc(Cl)s1. The minimum absolute atomic E-state index is 0.00538. The van der Waals surface area contributed by atoms with E-state index in [9.17, 15) is 14.5 Å². The van der Waals surface area contributed by atoms with Gasteiger partial charge in [-0.3, -0.25) is 10.1 Å². The van der Waals surface area contributed by atoms with E-state index in [1.165, 1.54) is 11.3 Å². The Morgan fingerprint density at radius 3 is 2.80 bits per heavy atom. The first-order valence-electron chi connectivity index (χ1n) is 5.06. The highest BCUT2D eigenvalue weighted by molar-refractivity contribution is 9.11. The van der Waals surface area contributed by atoms with Crippen LogP contribution in [0, 0.1) is 15.9 Å². The molecule has 0 radical (unpaired) electrons. The number of nitrogens with one attached hydrogen (secondary N) is 1. The number of rotatable bonds is 4. The van der Waals surface area contributed by atoms with Gasteiger partial charge in [0.1, 0.15) is 5.69 Å². The van der Waals surface area contributed by atoms with Gasteiger partial charge in [0.2, 0.25) is 0 Å². The van der Waals surface area contributed by atoms with Crippen LogP contribution in [0.3, 0.4) is 0 Å². The summed E-state index contributed by atoms with van der Waals surface area (Å²) in [4.78, 5) is 15.1. The minimum Gasteiger partial charge on any atom is -0.374 e. The summed E-state index contributed by atoms with van der Waals surface area (Å²) >= 11 is 12.9. The summed E-state index contributed by atoms with van der Waals surface area (Å²) in [5.41, 5.74) is -0.166. The molecule has 0 unspecified atom stereocenters. The molecule has 1 heterocycles. The summed E-state index contributed by atoms with van der Waals surface area (Å²) in [5.74, 6) is -0.611. The maximum Gasteiger partial charge on any atom is 0.294 e. The van der Waals surface area contributed by atoms with E-state index in [-0.39, 0.29) is 26.9 Å². The van der Waals surface area contributed by atoms with Crippen molar-refractivity contribution in [3.05, 3.63) is 46.5 Å². The molecule has 0 fully saturated rings. The molecule has 10 heteroatoms. The fourth-order valence-corrected chi connectivity index (χ4v) is 3.59. The van der Waals surface area contributed by atoms with E-state index in [0.29, 0.717) is 4.47 Å². The first kappa shape index (κ1) is 15.6. The smallest absolute Gasteiger partial charge is 0.294 e. The lowest BCUT2D eigenvalue weighted by Crippen LogP contribution is -2.04. The van der Waals surface area contributed by atoms with Crippen molar-refractivity contribution in [1.82, 2.24) is 4.98 Å². The van der Waals surface area contributed by atoms with Crippen LogP contribution in [0.2, 0.25) is 4.47 Å². The molecule has 0 aliphatic carbocycles. The van der Waals surface area contributed by atoms with E-state index in [2.05, 4.69) is 42.2 Å². The summed E-state index contributed by atoms with van der Waals surface area (Å²) in [6.07, 6.45) is 1.55. The lowest BCUT2D eigenvalue weighted by molar-refractivity contribution is -0.384. The number of nitrogens with zero attached hydrogens (tertiary/aromatic N) is 2. The van der Waals surface area contributed by atoms with Gasteiger partial charge in [0.05, 0.1) is 20.4 Å². The zero-order chi connectivity index (χ0) is 14.9. The second-order valence-electron chi connectivity index (χ2n) is 3.57. The molecule has 0 spiro atoms. The van der Waals surface area contributed by atoms with Gasteiger partial charge in [-0.1, -0.05) is 11.6 Å². The Hall–Kier alpha value is -0.770. The third-order valence-corrected chi connectivity index (χ3v) is 4.74. The van der Waals surface area contributed by atoms with Crippen LogP contribution >= 0.6 is 54.8 Å². The molecule has 0 atom stereocenters. The molecule has 0 saturated carbocycles. The number of nitro groups is 1. The summed E-state index contributed by atoms with van der Waals surface area (Å²) < 4.78 is 14.2. The van der Waals surface area contributed by atoms with Crippen LogP contribution in [-0.2, 0) is 6.54 Å².